The van der Waals surface area contributed by atoms with Gasteiger partial charge in [-0.05, 0) is 43.5 Å². The van der Waals surface area contributed by atoms with Gasteiger partial charge < -0.3 is 19.6 Å². The third-order valence-electron chi connectivity index (χ3n) is 8.07. The van der Waals surface area contributed by atoms with Crippen molar-refractivity contribution in [3.63, 3.8) is 0 Å². The molecule has 1 aromatic heterocycles. The first-order chi connectivity index (χ1) is 18.1. The quantitative estimate of drug-likeness (QED) is 0.395. The monoisotopic (exact) mass is 499 g/mol. The van der Waals surface area contributed by atoms with E-state index in [0.29, 0.717) is 30.1 Å². The number of carbonyl (C=O) groups excluding carboxylic acids is 1. The van der Waals surface area contributed by atoms with Crippen LogP contribution in [0.15, 0.2) is 71.1 Å². The Hall–Kier alpha value is -3.39. The molecular weight excluding hydrogens is 466 g/mol. The summed E-state index contributed by atoms with van der Waals surface area (Å²) in [6, 6.07) is 22.1. The van der Waals surface area contributed by atoms with Crippen LogP contribution in [-0.4, -0.2) is 72.3 Å². The highest BCUT2D eigenvalue weighted by atomic mass is 16.5. The van der Waals surface area contributed by atoms with Gasteiger partial charge in [0.1, 0.15) is 16.9 Å². The van der Waals surface area contributed by atoms with Crippen molar-refractivity contribution in [1.82, 2.24) is 9.80 Å². The third kappa shape index (κ3) is 4.48. The van der Waals surface area contributed by atoms with Gasteiger partial charge in [-0.15, -0.1) is 0 Å². The van der Waals surface area contributed by atoms with Crippen LogP contribution in [0.2, 0.25) is 0 Å². The van der Waals surface area contributed by atoms with E-state index in [4.69, 9.17) is 9.15 Å². The number of para-hydroxylation sites is 1. The molecule has 2 aliphatic rings. The first-order valence-corrected chi connectivity index (χ1v) is 13.0. The normalized spacial score (nSPS) is 22.4. The number of aliphatic hydroxyl groups excluding tert-OH is 1. The predicted octanol–water partition coefficient (Wildman–Crippen LogP) is 4.29. The number of rotatable bonds is 7. The minimum Gasteiger partial charge on any atom is -0.495 e. The van der Waals surface area contributed by atoms with Crippen molar-refractivity contribution in [3.8, 4) is 5.75 Å². The maximum absolute atomic E-state index is 13.1. The highest BCUT2D eigenvalue weighted by Crippen LogP contribution is 2.39. The second kappa shape index (κ2) is 9.82. The zero-order chi connectivity index (χ0) is 25.4. The van der Waals surface area contributed by atoms with Crippen molar-refractivity contribution in [2.24, 2.45) is 0 Å². The number of anilines is 1. The number of β-amino-alcohol motifs (C(OH)–C–C–N with tert-alkyl or cyclic N) is 1. The molecule has 0 unspecified atom stereocenters. The minimum absolute atomic E-state index is 0.133. The molecule has 6 rings (SSSR count). The van der Waals surface area contributed by atoms with Crippen LogP contribution in [-0.2, 0) is 11.2 Å². The molecule has 7 nitrogen and oxygen atoms in total. The molecule has 0 saturated carbocycles. The largest absolute Gasteiger partial charge is 0.495 e. The molecule has 0 aliphatic carbocycles. The van der Waals surface area contributed by atoms with E-state index in [9.17, 15) is 9.90 Å². The van der Waals surface area contributed by atoms with Crippen LogP contribution >= 0.6 is 0 Å². The van der Waals surface area contributed by atoms with Crippen LogP contribution in [0.4, 0.5) is 5.69 Å². The molecule has 0 bridgehead atoms. The van der Waals surface area contributed by atoms with E-state index in [1.54, 1.807) is 7.11 Å². The van der Waals surface area contributed by atoms with E-state index < -0.39 is 6.10 Å². The Kier molecular flexibility index (Phi) is 6.36. The Labute approximate surface area is 216 Å². The van der Waals surface area contributed by atoms with E-state index in [1.165, 1.54) is 5.56 Å². The van der Waals surface area contributed by atoms with Gasteiger partial charge in [0, 0.05) is 36.5 Å². The lowest BCUT2D eigenvalue weighted by molar-refractivity contribution is -0.117. The lowest BCUT2D eigenvalue weighted by Gasteiger charge is -2.37. The lowest BCUT2D eigenvalue weighted by Crippen LogP contribution is -2.53. The fourth-order valence-corrected chi connectivity index (χ4v) is 6.26. The number of methoxy groups -OCH3 is 1. The highest BCUT2D eigenvalue weighted by Gasteiger charge is 2.52. The molecule has 2 aliphatic heterocycles. The smallest absolute Gasteiger partial charge is 0.238 e. The van der Waals surface area contributed by atoms with Gasteiger partial charge >= 0.3 is 0 Å². The van der Waals surface area contributed by atoms with Gasteiger partial charge in [-0.25, -0.2) is 0 Å². The van der Waals surface area contributed by atoms with Gasteiger partial charge in [0.2, 0.25) is 5.91 Å². The van der Waals surface area contributed by atoms with Gasteiger partial charge in [0.15, 0.2) is 0 Å². The molecule has 4 aromatic rings. The van der Waals surface area contributed by atoms with Crippen LogP contribution in [0.5, 0.6) is 5.75 Å². The summed E-state index contributed by atoms with van der Waals surface area (Å²) in [4.78, 5) is 17.6. The summed E-state index contributed by atoms with van der Waals surface area (Å²) in [5.74, 6) is 0.458. The Morgan fingerprint density at radius 3 is 2.76 bits per heavy atom. The number of fused-ring (bicyclic) bond motifs is 3. The predicted molar refractivity (Wildman–Crippen MR) is 145 cm³/mol. The average Bonchev–Trinajstić information content (AvgIpc) is 3.57. The standard InChI is InChI=1S/C30H33N3O4/c1-36-27-16-23-22-10-5-6-11-25(22)37-26(23)17-24(27)31-29(35)19-32-18-28(34)30(20-32)13-7-14-33(30)15-12-21-8-3-2-4-9-21/h2-6,8-11,16-17,28,34H,7,12-15,18-20H2,1H3,(H,31,35)/t28-,30-/m0/s1. The van der Waals surface area contributed by atoms with Gasteiger partial charge in [0.25, 0.3) is 0 Å². The summed E-state index contributed by atoms with van der Waals surface area (Å²) in [5.41, 5.74) is 3.11. The molecule has 192 valence electrons. The van der Waals surface area contributed by atoms with E-state index in [-0.39, 0.29) is 18.0 Å². The van der Waals surface area contributed by atoms with Crippen molar-refractivity contribution in [2.75, 3.05) is 45.2 Å². The summed E-state index contributed by atoms with van der Waals surface area (Å²) < 4.78 is 11.6. The summed E-state index contributed by atoms with van der Waals surface area (Å²) >= 11 is 0. The van der Waals surface area contributed by atoms with Crippen molar-refractivity contribution >= 4 is 33.5 Å². The van der Waals surface area contributed by atoms with Gasteiger partial charge in [-0.2, -0.15) is 0 Å². The SMILES string of the molecule is COc1cc2c(cc1NC(=O)CN1C[C@H](O)[C@]3(CCCN3CCc3ccccc3)C1)oc1ccccc12. The maximum Gasteiger partial charge on any atom is 0.238 e. The molecule has 3 heterocycles. The highest BCUT2D eigenvalue weighted by molar-refractivity contribution is 6.07. The molecule has 1 amide bonds. The molecule has 2 atom stereocenters. The number of likely N-dealkylation sites (tertiary alicyclic amines) is 2. The molecule has 3 aromatic carbocycles. The average molecular weight is 500 g/mol. The summed E-state index contributed by atoms with van der Waals surface area (Å²) in [6.07, 6.45) is 2.51. The number of furan rings is 1. The molecule has 2 fully saturated rings. The second-order valence-corrected chi connectivity index (χ2v) is 10.3. The lowest BCUT2D eigenvalue weighted by atomic mass is 9.92. The number of nitrogens with one attached hydrogen (secondary N) is 1. The van der Waals surface area contributed by atoms with Crippen molar-refractivity contribution < 1.29 is 19.1 Å². The van der Waals surface area contributed by atoms with Gasteiger partial charge in [-0.1, -0.05) is 48.5 Å². The summed E-state index contributed by atoms with van der Waals surface area (Å²) in [5, 5.41) is 16.1. The van der Waals surface area contributed by atoms with E-state index in [2.05, 4.69) is 39.4 Å². The fourth-order valence-electron chi connectivity index (χ4n) is 6.26. The molecule has 2 N–H and O–H groups in total. The minimum atomic E-state index is -0.472. The summed E-state index contributed by atoms with van der Waals surface area (Å²) in [7, 11) is 1.60. The first kappa shape index (κ1) is 24.0. The van der Waals surface area contributed by atoms with Crippen LogP contribution in [0.25, 0.3) is 21.9 Å². The Balaban J connectivity index is 1.14. The van der Waals surface area contributed by atoms with Crippen LogP contribution in [0, 0.1) is 0 Å². The van der Waals surface area contributed by atoms with Crippen molar-refractivity contribution in [2.45, 2.75) is 30.9 Å². The number of amides is 1. The number of hydrogen-bond acceptors (Lipinski definition) is 6. The zero-order valence-corrected chi connectivity index (χ0v) is 21.2. The van der Waals surface area contributed by atoms with E-state index >= 15 is 0 Å². The van der Waals surface area contributed by atoms with E-state index in [1.807, 2.05) is 42.5 Å². The Bertz CT molecular complexity index is 1420. The third-order valence-corrected chi connectivity index (χ3v) is 8.07. The number of nitrogens with zero attached hydrogens (tertiary/aromatic N) is 2. The Morgan fingerprint density at radius 2 is 1.92 bits per heavy atom. The number of carbonyl (C=O) groups is 1. The van der Waals surface area contributed by atoms with Crippen LogP contribution in [0.1, 0.15) is 18.4 Å². The van der Waals surface area contributed by atoms with Crippen LogP contribution < -0.4 is 10.1 Å². The molecule has 7 heteroatoms. The topological polar surface area (TPSA) is 78.2 Å². The number of ether oxygens (including phenoxy) is 1. The molecule has 0 radical (unpaired) electrons. The van der Waals surface area contributed by atoms with E-state index in [0.717, 1.165) is 48.7 Å². The zero-order valence-electron chi connectivity index (χ0n) is 21.2. The molecule has 37 heavy (non-hydrogen) atoms. The van der Waals surface area contributed by atoms with Crippen molar-refractivity contribution in [1.29, 1.82) is 0 Å². The molecular formula is C30H33N3O4. The number of aliphatic hydroxyl groups is 1. The maximum atomic E-state index is 13.1. The molecule has 2 saturated heterocycles. The van der Waals surface area contributed by atoms with Gasteiger partial charge in [0.05, 0.1) is 31.0 Å². The summed E-state index contributed by atoms with van der Waals surface area (Å²) in [6.45, 7) is 3.30. The van der Waals surface area contributed by atoms with Crippen molar-refractivity contribution in [3.05, 3.63) is 72.3 Å². The first-order valence-electron chi connectivity index (χ1n) is 13.0. The number of hydrogen-bond donors (Lipinski definition) is 2. The van der Waals surface area contributed by atoms with Crippen LogP contribution in [0.3, 0.4) is 0 Å². The number of benzene rings is 3. The fraction of sp³-hybridized carbons (Fsp3) is 0.367. The van der Waals surface area contributed by atoms with Gasteiger partial charge in [-0.3, -0.25) is 14.6 Å². The molecule has 1 spiro atoms. The second-order valence-electron chi connectivity index (χ2n) is 10.3. The Morgan fingerprint density at radius 1 is 1.11 bits per heavy atom.